The zero-order chi connectivity index (χ0) is 16.0. The van der Waals surface area contributed by atoms with E-state index in [1.165, 1.54) is 19.3 Å². The molecule has 1 atom stereocenters. The number of hydrogen-bond acceptors (Lipinski definition) is 1. The van der Waals surface area contributed by atoms with Gasteiger partial charge in [-0.05, 0) is 31.0 Å². The fourth-order valence-electron chi connectivity index (χ4n) is 1.44. The molecule has 120 valence electrons. The third-order valence-corrected chi connectivity index (χ3v) is 8.94. The Morgan fingerprint density at radius 3 is 2.05 bits per heavy atom. The molecule has 0 rings (SSSR count). The number of allylic oxidation sites excluding steroid dienone is 1. The first-order valence-electron chi connectivity index (χ1n) is 7.33. The first kappa shape index (κ1) is 20.8. The lowest BCUT2D eigenvalue weighted by molar-refractivity contribution is 0.228. The molecule has 0 saturated heterocycles. The van der Waals surface area contributed by atoms with Gasteiger partial charge in [0.15, 0.2) is 8.32 Å². The van der Waals surface area contributed by atoms with Gasteiger partial charge in [-0.25, -0.2) is 0 Å². The van der Waals surface area contributed by atoms with Gasteiger partial charge in [0.25, 0.3) is 0 Å². The Labute approximate surface area is 141 Å². The summed E-state index contributed by atoms with van der Waals surface area (Å²) in [5.41, 5.74) is 0. The second kappa shape index (κ2) is 8.43. The maximum atomic E-state index is 6.23. The molecule has 5 heteroatoms. The molecule has 0 aliphatic carbocycles. The van der Waals surface area contributed by atoms with Crippen LogP contribution in [0.15, 0.2) is 12.2 Å². The first-order valence-corrected chi connectivity index (χ1v) is 11.4. The first-order chi connectivity index (χ1) is 8.92. The molecule has 0 bridgehead atoms. The van der Waals surface area contributed by atoms with E-state index in [-0.39, 0.29) is 5.04 Å². The molecular formula is C15H29Cl3OSi. The SMILES string of the molecule is CCCCC/C=C/C(O[Si](C)(C)C(C)(C)C)C(Cl)(Cl)Cl. The van der Waals surface area contributed by atoms with Crippen LogP contribution in [0.1, 0.15) is 53.4 Å². The van der Waals surface area contributed by atoms with Gasteiger partial charge < -0.3 is 4.43 Å². The summed E-state index contributed by atoms with van der Waals surface area (Å²) in [5, 5.41) is 0.0945. The van der Waals surface area contributed by atoms with Crippen LogP contribution in [0.2, 0.25) is 18.1 Å². The molecule has 0 aromatic carbocycles. The predicted molar refractivity (Wildman–Crippen MR) is 95.6 cm³/mol. The van der Waals surface area contributed by atoms with Crippen molar-refractivity contribution in [2.75, 3.05) is 0 Å². The van der Waals surface area contributed by atoms with E-state index in [4.69, 9.17) is 39.2 Å². The maximum Gasteiger partial charge on any atom is 0.218 e. The maximum absolute atomic E-state index is 6.23. The summed E-state index contributed by atoms with van der Waals surface area (Å²) in [6, 6.07) is 0. The van der Waals surface area contributed by atoms with Gasteiger partial charge in [0.2, 0.25) is 3.79 Å². The van der Waals surface area contributed by atoms with E-state index in [2.05, 4.69) is 46.9 Å². The van der Waals surface area contributed by atoms with Gasteiger partial charge in [-0.15, -0.1) is 0 Å². The van der Waals surface area contributed by atoms with E-state index in [1.54, 1.807) is 0 Å². The molecule has 0 aliphatic heterocycles. The molecule has 0 fully saturated rings. The van der Waals surface area contributed by atoms with E-state index in [0.29, 0.717) is 0 Å². The van der Waals surface area contributed by atoms with Crippen molar-refractivity contribution >= 4 is 43.1 Å². The van der Waals surface area contributed by atoms with Crippen LogP contribution >= 0.6 is 34.8 Å². The molecule has 0 spiro atoms. The van der Waals surface area contributed by atoms with Gasteiger partial charge in [0.05, 0.1) is 0 Å². The minimum absolute atomic E-state index is 0.0945. The Morgan fingerprint density at radius 2 is 1.65 bits per heavy atom. The van der Waals surface area contributed by atoms with E-state index in [1.807, 2.05) is 6.08 Å². The molecule has 0 aromatic rings. The van der Waals surface area contributed by atoms with Crippen LogP contribution in [0, 0.1) is 0 Å². The topological polar surface area (TPSA) is 9.23 Å². The summed E-state index contributed by atoms with van der Waals surface area (Å²) in [7, 11) is -1.96. The number of alkyl halides is 3. The minimum atomic E-state index is -1.96. The van der Waals surface area contributed by atoms with Crippen LogP contribution < -0.4 is 0 Å². The third kappa shape index (κ3) is 7.70. The standard InChI is InChI=1S/C15H29Cl3OSi/c1-7-8-9-10-11-12-13(15(16,17)18)19-20(5,6)14(2,3)4/h11-13H,7-10H2,1-6H3/b12-11+. The quantitative estimate of drug-likeness (QED) is 0.208. The normalized spacial score (nSPS) is 15.8. The molecule has 20 heavy (non-hydrogen) atoms. The van der Waals surface area contributed by atoms with E-state index in [9.17, 15) is 0 Å². The smallest absolute Gasteiger partial charge is 0.218 e. The largest absolute Gasteiger partial charge is 0.406 e. The van der Waals surface area contributed by atoms with Crippen molar-refractivity contribution in [3.8, 4) is 0 Å². The molecule has 0 N–H and O–H groups in total. The summed E-state index contributed by atoms with van der Waals surface area (Å²) in [5.74, 6) is 0. The van der Waals surface area contributed by atoms with Crippen molar-refractivity contribution < 1.29 is 4.43 Å². The Balaban J connectivity index is 4.76. The van der Waals surface area contributed by atoms with Crippen molar-refractivity contribution in [3.05, 3.63) is 12.2 Å². The molecule has 0 aromatic heterocycles. The lowest BCUT2D eigenvalue weighted by atomic mass is 10.2. The summed E-state index contributed by atoms with van der Waals surface area (Å²) in [6.07, 6.45) is 8.13. The van der Waals surface area contributed by atoms with Crippen LogP contribution in [0.3, 0.4) is 0 Å². The lowest BCUT2D eigenvalue weighted by Gasteiger charge is -2.40. The van der Waals surface area contributed by atoms with Crippen molar-refractivity contribution in [3.63, 3.8) is 0 Å². The highest BCUT2D eigenvalue weighted by Crippen LogP contribution is 2.41. The van der Waals surface area contributed by atoms with Crippen molar-refractivity contribution in [1.29, 1.82) is 0 Å². The van der Waals surface area contributed by atoms with Crippen molar-refractivity contribution in [1.82, 2.24) is 0 Å². The molecule has 0 heterocycles. The monoisotopic (exact) mass is 358 g/mol. The number of hydrogen-bond donors (Lipinski definition) is 0. The minimum Gasteiger partial charge on any atom is -0.406 e. The average Bonchev–Trinajstić information content (AvgIpc) is 2.24. The molecule has 0 aliphatic rings. The molecule has 0 radical (unpaired) electrons. The van der Waals surface area contributed by atoms with Gasteiger partial charge in [-0.1, -0.05) is 87.5 Å². The fourth-order valence-corrected chi connectivity index (χ4v) is 3.26. The summed E-state index contributed by atoms with van der Waals surface area (Å²) in [6.45, 7) is 13.1. The lowest BCUT2D eigenvalue weighted by Crippen LogP contribution is -2.46. The number of unbranched alkanes of at least 4 members (excludes halogenated alkanes) is 3. The van der Waals surface area contributed by atoms with Gasteiger partial charge in [-0.3, -0.25) is 0 Å². The second-order valence-electron chi connectivity index (χ2n) is 6.76. The van der Waals surface area contributed by atoms with Crippen LogP contribution in [0.5, 0.6) is 0 Å². The summed E-state index contributed by atoms with van der Waals surface area (Å²) in [4.78, 5) is 0. The van der Waals surface area contributed by atoms with Gasteiger partial charge in [0.1, 0.15) is 6.10 Å². The Hall–Kier alpha value is 0.787. The molecular weight excluding hydrogens is 331 g/mol. The average molecular weight is 360 g/mol. The molecule has 1 nitrogen and oxygen atoms in total. The predicted octanol–water partition coefficient (Wildman–Crippen LogP) is 6.88. The Morgan fingerprint density at radius 1 is 1.10 bits per heavy atom. The fraction of sp³-hybridized carbons (Fsp3) is 0.867. The van der Waals surface area contributed by atoms with Crippen molar-refractivity contribution in [2.24, 2.45) is 0 Å². The van der Waals surface area contributed by atoms with Crippen LogP contribution in [0.4, 0.5) is 0 Å². The van der Waals surface area contributed by atoms with E-state index in [0.717, 1.165) is 6.42 Å². The number of halogens is 3. The zero-order valence-corrected chi connectivity index (χ0v) is 16.9. The summed E-state index contributed by atoms with van der Waals surface area (Å²) >= 11 is 18.2. The Kier molecular flexibility index (Phi) is 8.76. The Bertz CT molecular complexity index is 303. The number of rotatable bonds is 7. The van der Waals surface area contributed by atoms with Crippen LogP contribution in [-0.2, 0) is 4.43 Å². The second-order valence-corrected chi connectivity index (χ2v) is 13.9. The molecule has 1 unspecified atom stereocenters. The van der Waals surface area contributed by atoms with Gasteiger partial charge in [0, 0.05) is 0 Å². The zero-order valence-electron chi connectivity index (χ0n) is 13.6. The van der Waals surface area contributed by atoms with E-state index < -0.39 is 18.2 Å². The highest BCUT2D eigenvalue weighted by Gasteiger charge is 2.43. The van der Waals surface area contributed by atoms with E-state index >= 15 is 0 Å². The highest BCUT2D eigenvalue weighted by atomic mass is 35.6. The van der Waals surface area contributed by atoms with Crippen molar-refractivity contribution in [2.45, 2.75) is 81.4 Å². The molecule has 0 amide bonds. The van der Waals surface area contributed by atoms with Gasteiger partial charge in [-0.2, -0.15) is 0 Å². The summed E-state index contributed by atoms with van der Waals surface area (Å²) < 4.78 is 4.81. The van der Waals surface area contributed by atoms with Gasteiger partial charge >= 0.3 is 0 Å². The molecule has 0 saturated carbocycles. The highest BCUT2D eigenvalue weighted by molar-refractivity contribution is 6.74. The van der Waals surface area contributed by atoms with Crippen LogP contribution in [0.25, 0.3) is 0 Å². The third-order valence-electron chi connectivity index (χ3n) is 3.84. The van der Waals surface area contributed by atoms with Crippen LogP contribution in [-0.4, -0.2) is 18.2 Å².